The first-order valence-electron chi connectivity index (χ1n) is 11.1. The van der Waals surface area contributed by atoms with Gasteiger partial charge in [0.05, 0.1) is 11.9 Å². The van der Waals surface area contributed by atoms with Crippen molar-refractivity contribution in [1.82, 2.24) is 14.9 Å². The number of carboxylic acid groups (broad SMARTS) is 1. The van der Waals surface area contributed by atoms with E-state index in [9.17, 15) is 22.8 Å². The van der Waals surface area contributed by atoms with Crippen LogP contribution in [-0.2, 0) is 6.18 Å². The highest BCUT2D eigenvalue weighted by Gasteiger charge is 2.42. The standard InChI is InChI=1S/C21H25F3N6O4/c22-21(23,24)17-16(34-19(27-17)29-7-2-1-3-8-29)18(31)26-14-5-6-15(25-13-14)28-9-4-10-30(12-11-28)20(32)33/h5-6,13H,1-4,7-12H2,(H,26,31)(H,32,33). The quantitative estimate of drug-likeness (QED) is 0.680. The number of hydrogen-bond acceptors (Lipinski definition) is 7. The Labute approximate surface area is 193 Å². The van der Waals surface area contributed by atoms with Crippen LogP contribution >= 0.6 is 0 Å². The fraction of sp³-hybridized carbons (Fsp3) is 0.524. The number of nitrogens with one attached hydrogen (secondary N) is 1. The summed E-state index contributed by atoms with van der Waals surface area (Å²) < 4.78 is 45.8. The number of nitrogens with zero attached hydrogens (tertiary/aromatic N) is 5. The maximum Gasteiger partial charge on any atom is 0.437 e. The fourth-order valence-corrected chi connectivity index (χ4v) is 4.05. The molecule has 0 radical (unpaired) electrons. The molecular weight excluding hydrogens is 457 g/mol. The van der Waals surface area contributed by atoms with E-state index in [1.165, 1.54) is 17.2 Å². The van der Waals surface area contributed by atoms with E-state index in [4.69, 9.17) is 9.52 Å². The smallest absolute Gasteiger partial charge is 0.437 e. The largest absolute Gasteiger partial charge is 0.465 e. The van der Waals surface area contributed by atoms with Crippen molar-refractivity contribution < 1.29 is 32.3 Å². The van der Waals surface area contributed by atoms with Gasteiger partial charge in [-0.3, -0.25) is 4.79 Å². The molecular formula is C21H25F3N6O4. The zero-order valence-electron chi connectivity index (χ0n) is 18.3. The summed E-state index contributed by atoms with van der Waals surface area (Å²) in [5, 5.41) is 11.5. The Morgan fingerprint density at radius 1 is 0.971 bits per heavy atom. The van der Waals surface area contributed by atoms with Crippen molar-refractivity contribution in [3.8, 4) is 0 Å². The fourth-order valence-electron chi connectivity index (χ4n) is 4.05. The number of alkyl halides is 3. The first-order valence-corrected chi connectivity index (χ1v) is 11.1. The summed E-state index contributed by atoms with van der Waals surface area (Å²) in [6, 6.07) is 2.94. The van der Waals surface area contributed by atoms with Crippen molar-refractivity contribution in [2.24, 2.45) is 0 Å². The number of amides is 2. The molecule has 2 aromatic rings. The second-order valence-corrected chi connectivity index (χ2v) is 8.19. The Kier molecular flexibility index (Phi) is 6.80. The van der Waals surface area contributed by atoms with Crippen LogP contribution in [0.3, 0.4) is 0 Å². The molecule has 0 spiro atoms. The van der Waals surface area contributed by atoms with E-state index >= 15 is 0 Å². The maximum absolute atomic E-state index is 13.5. The third kappa shape index (κ3) is 5.34. The Morgan fingerprint density at radius 2 is 1.71 bits per heavy atom. The van der Waals surface area contributed by atoms with Crippen molar-refractivity contribution in [1.29, 1.82) is 0 Å². The lowest BCUT2D eigenvalue weighted by Crippen LogP contribution is -2.34. The number of aromatic nitrogens is 2. The van der Waals surface area contributed by atoms with Gasteiger partial charge in [-0.25, -0.2) is 9.78 Å². The summed E-state index contributed by atoms with van der Waals surface area (Å²) >= 11 is 0. The molecule has 10 nitrogen and oxygen atoms in total. The molecule has 2 aliphatic rings. The summed E-state index contributed by atoms with van der Waals surface area (Å²) in [6.07, 6.45) is -1.23. The van der Waals surface area contributed by atoms with Crippen molar-refractivity contribution in [3.05, 3.63) is 29.8 Å². The number of halogens is 3. The average Bonchev–Trinajstić information content (AvgIpc) is 3.13. The normalized spacial score (nSPS) is 17.4. The van der Waals surface area contributed by atoms with E-state index in [-0.39, 0.29) is 11.7 Å². The molecule has 4 heterocycles. The summed E-state index contributed by atoms with van der Waals surface area (Å²) in [7, 11) is 0. The molecule has 0 aromatic carbocycles. The van der Waals surface area contributed by atoms with Crippen LogP contribution in [0, 0.1) is 0 Å². The van der Waals surface area contributed by atoms with Gasteiger partial charge >= 0.3 is 12.3 Å². The number of carbonyl (C=O) groups excluding carboxylic acids is 1. The summed E-state index contributed by atoms with van der Waals surface area (Å²) in [4.78, 5) is 36.5. The highest BCUT2D eigenvalue weighted by Crippen LogP contribution is 2.35. The van der Waals surface area contributed by atoms with Crippen molar-refractivity contribution in [2.75, 3.05) is 54.4 Å². The molecule has 2 aliphatic heterocycles. The minimum Gasteiger partial charge on any atom is -0.465 e. The summed E-state index contributed by atoms with van der Waals surface area (Å²) in [6.45, 7) is 2.86. The molecule has 2 saturated heterocycles. The minimum atomic E-state index is -4.84. The molecule has 2 aromatic heterocycles. The summed E-state index contributed by atoms with van der Waals surface area (Å²) in [5.74, 6) is -1.38. The van der Waals surface area contributed by atoms with Gasteiger partial charge in [0, 0.05) is 39.3 Å². The third-order valence-corrected chi connectivity index (χ3v) is 5.81. The molecule has 2 fully saturated rings. The third-order valence-electron chi connectivity index (χ3n) is 5.81. The van der Waals surface area contributed by atoms with E-state index in [2.05, 4.69) is 15.3 Å². The highest BCUT2D eigenvalue weighted by atomic mass is 19.4. The predicted octanol–water partition coefficient (Wildman–Crippen LogP) is 3.52. The molecule has 13 heteroatoms. The van der Waals surface area contributed by atoms with Gasteiger partial charge in [-0.1, -0.05) is 0 Å². The number of piperidine rings is 1. The second kappa shape index (κ2) is 9.77. The first kappa shape index (κ1) is 23.6. The lowest BCUT2D eigenvalue weighted by atomic mass is 10.1. The molecule has 0 atom stereocenters. The Morgan fingerprint density at radius 3 is 2.35 bits per heavy atom. The highest BCUT2D eigenvalue weighted by molar-refractivity contribution is 6.03. The first-order chi connectivity index (χ1) is 16.2. The molecule has 0 aliphatic carbocycles. The van der Waals surface area contributed by atoms with Gasteiger partial charge in [-0.2, -0.15) is 18.2 Å². The van der Waals surface area contributed by atoms with Crippen LogP contribution in [0.15, 0.2) is 22.7 Å². The van der Waals surface area contributed by atoms with Gasteiger partial charge in [0.1, 0.15) is 5.82 Å². The van der Waals surface area contributed by atoms with E-state index in [1.807, 2.05) is 4.90 Å². The molecule has 34 heavy (non-hydrogen) atoms. The lowest BCUT2D eigenvalue weighted by Gasteiger charge is -2.24. The average molecular weight is 482 g/mol. The van der Waals surface area contributed by atoms with Crippen LogP contribution in [-0.4, -0.2) is 71.2 Å². The zero-order valence-corrected chi connectivity index (χ0v) is 18.3. The molecule has 0 saturated carbocycles. The molecule has 184 valence electrons. The molecule has 0 unspecified atom stereocenters. The molecule has 0 bridgehead atoms. The number of hydrogen-bond donors (Lipinski definition) is 2. The number of oxazole rings is 1. The summed E-state index contributed by atoms with van der Waals surface area (Å²) in [5.41, 5.74) is -1.16. The van der Waals surface area contributed by atoms with Gasteiger partial charge in [-0.15, -0.1) is 0 Å². The van der Waals surface area contributed by atoms with E-state index in [0.717, 1.165) is 19.3 Å². The van der Waals surface area contributed by atoms with Gasteiger partial charge in [0.25, 0.3) is 11.9 Å². The maximum atomic E-state index is 13.5. The monoisotopic (exact) mass is 482 g/mol. The molecule has 4 rings (SSSR count). The Balaban J connectivity index is 1.46. The second-order valence-electron chi connectivity index (χ2n) is 8.19. The van der Waals surface area contributed by atoms with E-state index in [1.54, 1.807) is 11.0 Å². The lowest BCUT2D eigenvalue weighted by molar-refractivity contribution is -0.141. The minimum absolute atomic E-state index is 0.194. The number of carbonyl (C=O) groups is 2. The van der Waals surface area contributed by atoms with Crippen molar-refractivity contribution in [3.63, 3.8) is 0 Å². The number of rotatable bonds is 4. The van der Waals surface area contributed by atoms with Gasteiger partial charge in [-0.05, 0) is 37.8 Å². The van der Waals surface area contributed by atoms with E-state index in [0.29, 0.717) is 51.5 Å². The van der Waals surface area contributed by atoms with E-state index < -0.39 is 29.6 Å². The van der Waals surface area contributed by atoms with Crippen LogP contribution in [0.5, 0.6) is 0 Å². The van der Waals surface area contributed by atoms with Gasteiger partial charge in [0.2, 0.25) is 5.76 Å². The topological polar surface area (TPSA) is 115 Å². The molecule has 2 N–H and O–H groups in total. The SMILES string of the molecule is O=C(Nc1ccc(N2CCCN(C(=O)O)CC2)nc1)c1oc(N2CCCCC2)nc1C(F)(F)F. The predicted molar refractivity (Wildman–Crippen MR) is 116 cm³/mol. The van der Waals surface area contributed by atoms with Crippen LogP contribution in [0.2, 0.25) is 0 Å². The van der Waals surface area contributed by atoms with Crippen molar-refractivity contribution in [2.45, 2.75) is 31.9 Å². The molecule has 2 amide bonds. The van der Waals surface area contributed by atoms with Crippen LogP contribution < -0.4 is 15.1 Å². The Hall–Kier alpha value is -3.51. The zero-order chi connectivity index (χ0) is 24.3. The number of pyridine rings is 1. The number of anilines is 3. The Bertz CT molecular complexity index is 1020. The van der Waals surface area contributed by atoms with Crippen LogP contribution in [0.4, 0.5) is 35.5 Å². The van der Waals surface area contributed by atoms with Gasteiger partial charge in [0.15, 0.2) is 5.69 Å². The van der Waals surface area contributed by atoms with Crippen LogP contribution in [0.1, 0.15) is 41.9 Å². The van der Waals surface area contributed by atoms with Gasteiger partial charge < -0.3 is 29.5 Å². The van der Waals surface area contributed by atoms with Crippen molar-refractivity contribution >= 4 is 29.5 Å². The van der Waals surface area contributed by atoms with Crippen LogP contribution in [0.25, 0.3) is 0 Å².